The molecule has 0 saturated heterocycles. The standard InChI is InChI=1S/C22H20N4O4/c1-27-13-6-4-5-12(9-13)20-19-18(15-10-14(28-2)7-8-17(15)29-3)16(11-23)21(24)30-22(19)26-25-20/h4-10,18H,24H2,1-3H3,(H,25,26). The monoisotopic (exact) mass is 404 g/mol. The predicted octanol–water partition coefficient (Wildman–Crippen LogP) is 3.32. The van der Waals surface area contributed by atoms with Crippen molar-refractivity contribution in [2.75, 3.05) is 21.3 Å². The lowest BCUT2D eigenvalue weighted by atomic mass is 9.82. The largest absolute Gasteiger partial charge is 0.497 e. The number of H-pyrrole nitrogens is 1. The van der Waals surface area contributed by atoms with Gasteiger partial charge in [-0.1, -0.05) is 12.1 Å². The number of aromatic nitrogens is 2. The highest BCUT2D eigenvalue weighted by Gasteiger charge is 2.37. The van der Waals surface area contributed by atoms with Crippen molar-refractivity contribution in [3.05, 3.63) is 65.0 Å². The molecule has 1 aliphatic heterocycles. The molecule has 0 saturated carbocycles. The van der Waals surface area contributed by atoms with Crippen molar-refractivity contribution in [1.29, 1.82) is 5.26 Å². The van der Waals surface area contributed by atoms with Crippen LogP contribution in [0.1, 0.15) is 17.0 Å². The first-order chi connectivity index (χ1) is 14.6. The summed E-state index contributed by atoms with van der Waals surface area (Å²) in [6, 6.07) is 15.1. The number of nitrogens with one attached hydrogen (secondary N) is 1. The molecule has 8 nitrogen and oxygen atoms in total. The summed E-state index contributed by atoms with van der Waals surface area (Å²) in [5.74, 6) is 1.65. The van der Waals surface area contributed by atoms with Crippen LogP contribution in [0.15, 0.2) is 53.9 Å². The first kappa shape index (κ1) is 19.2. The van der Waals surface area contributed by atoms with E-state index in [2.05, 4.69) is 16.3 Å². The van der Waals surface area contributed by atoms with E-state index >= 15 is 0 Å². The van der Waals surface area contributed by atoms with E-state index in [1.807, 2.05) is 30.3 Å². The Kier molecular flexibility index (Phi) is 4.94. The number of allylic oxidation sites excluding steroid dienone is 1. The van der Waals surface area contributed by atoms with Gasteiger partial charge in [-0.05, 0) is 30.3 Å². The van der Waals surface area contributed by atoms with Crippen molar-refractivity contribution in [3.63, 3.8) is 0 Å². The second-order valence-corrected chi connectivity index (χ2v) is 6.58. The Labute approximate surface area is 173 Å². The fourth-order valence-corrected chi connectivity index (χ4v) is 3.62. The molecule has 4 rings (SSSR count). The number of nitriles is 1. The Balaban J connectivity index is 1.98. The summed E-state index contributed by atoms with van der Waals surface area (Å²) in [6.07, 6.45) is 0. The van der Waals surface area contributed by atoms with Gasteiger partial charge < -0.3 is 24.7 Å². The van der Waals surface area contributed by atoms with Gasteiger partial charge in [0.1, 0.15) is 28.9 Å². The van der Waals surface area contributed by atoms with Crippen LogP contribution in [0.3, 0.4) is 0 Å². The van der Waals surface area contributed by atoms with E-state index in [1.54, 1.807) is 33.5 Å². The van der Waals surface area contributed by atoms with E-state index < -0.39 is 5.92 Å². The van der Waals surface area contributed by atoms with Gasteiger partial charge in [0.15, 0.2) is 0 Å². The average Bonchev–Trinajstić information content (AvgIpc) is 3.21. The van der Waals surface area contributed by atoms with E-state index in [9.17, 15) is 5.26 Å². The lowest BCUT2D eigenvalue weighted by Crippen LogP contribution is -2.21. The Morgan fingerprint density at radius 2 is 1.83 bits per heavy atom. The van der Waals surface area contributed by atoms with Gasteiger partial charge in [-0.3, -0.25) is 5.10 Å². The van der Waals surface area contributed by atoms with E-state index in [4.69, 9.17) is 24.7 Å². The minimum atomic E-state index is -0.566. The minimum Gasteiger partial charge on any atom is -0.497 e. The van der Waals surface area contributed by atoms with Crippen LogP contribution in [0.4, 0.5) is 0 Å². The third-order valence-corrected chi connectivity index (χ3v) is 5.05. The molecule has 1 aliphatic rings. The molecule has 1 atom stereocenters. The number of aromatic amines is 1. The maximum absolute atomic E-state index is 9.90. The van der Waals surface area contributed by atoms with Crippen LogP contribution in [-0.2, 0) is 0 Å². The van der Waals surface area contributed by atoms with Gasteiger partial charge >= 0.3 is 0 Å². The maximum Gasteiger partial charge on any atom is 0.244 e. The van der Waals surface area contributed by atoms with E-state index in [1.165, 1.54) is 0 Å². The van der Waals surface area contributed by atoms with Gasteiger partial charge in [0.05, 0.1) is 38.5 Å². The molecule has 0 bridgehead atoms. The minimum absolute atomic E-state index is 0.00330. The SMILES string of the molecule is COc1cccc(-c2[nH]nc3c2C(c2cc(OC)ccc2OC)C(C#N)=C(N)O3)c1. The molecule has 1 unspecified atom stereocenters. The van der Waals surface area contributed by atoms with Gasteiger partial charge in [0, 0.05) is 11.1 Å². The van der Waals surface area contributed by atoms with E-state index in [0.717, 1.165) is 5.56 Å². The van der Waals surface area contributed by atoms with Crippen LogP contribution in [0, 0.1) is 11.3 Å². The zero-order valence-corrected chi connectivity index (χ0v) is 16.7. The van der Waals surface area contributed by atoms with Crippen molar-refractivity contribution in [2.24, 2.45) is 5.73 Å². The Morgan fingerprint density at radius 1 is 1.07 bits per heavy atom. The topological polar surface area (TPSA) is 115 Å². The van der Waals surface area contributed by atoms with Crippen LogP contribution in [0.2, 0.25) is 0 Å². The van der Waals surface area contributed by atoms with Gasteiger partial charge in [0.2, 0.25) is 11.8 Å². The molecule has 1 aromatic heterocycles. The molecule has 2 heterocycles. The highest BCUT2D eigenvalue weighted by molar-refractivity contribution is 5.72. The third kappa shape index (κ3) is 3.06. The number of ether oxygens (including phenoxy) is 4. The summed E-state index contributed by atoms with van der Waals surface area (Å²) >= 11 is 0. The molecule has 8 heteroatoms. The third-order valence-electron chi connectivity index (χ3n) is 5.05. The molecule has 152 valence electrons. The molecule has 0 fully saturated rings. The van der Waals surface area contributed by atoms with Gasteiger partial charge in [0.25, 0.3) is 0 Å². The number of benzene rings is 2. The summed E-state index contributed by atoms with van der Waals surface area (Å²) in [4.78, 5) is 0. The number of methoxy groups -OCH3 is 3. The Hall–Kier alpha value is -4.12. The zero-order chi connectivity index (χ0) is 21.3. The number of nitrogens with zero attached hydrogens (tertiary/aromatic N) is 2. The first-order valence-electron chi connectivity index (χ1n) is 9.13. The maximum atomic E-state index is 9.90. The molecular weight excluding hydrogens is 384 g/mol. The fraction of sp³-hybridized carbons (Fsp3) is 0.182. The second-order valence-electron chi connectivity index (χ2n) is 6.58. The fourth-order valence-electron chi connectivity index (χ4n) is 3.62. The van der Waals surface area contributed by atoms with Crippen molar-refractivity contribution in [3.8, 4) is 40.5 Å². The predicted molar refractivity (Wildman–Crippen MR) is 109 cm³/mol. The lowest BCUT2D eigenvalue weighted by molar-refractivity contribution is 0.373. The van der Waals surface area contributed by atoms with E-state index in [-0.39, 0.29) is 11.5 Å². The van der Waals surface area contributed by atoms with Crippen LogP contribution in [0.5, 0.6) is 23.1 Å². The van der Waals surface area contributed by atoms with Crippen LogP contribution < -0.4 is 24.7 Å². The Bertz CT molecular complexity index is 1180. The first-order valence-corrected chi connectivity index (χ1v) is 9.13. The van der Waals surface area contributed by atoms with E-state index in [0.29, 0.717) is 39.9 Å². The molecule has 2 aromatic carbocycles. The van der Waals surface area contributed by atoms with Gasteiger partial charge in [-0.2, -0.15) is 5.26 Å². The molecule has 0 aliphatic carbocycles. The number of fused-ring (bicyclic) bond motifs is 1. The number of rotatable bonds is 5. The Morgan fingerprint density at radius 3 is 2.53 bits per heavy atom. The molecule has 0 spiro atoms. The molecule has 0 amide bonds. The van der Waals surface area contributed by atoms with Gasteiger partial charge in [-0.15, -0.1) is 5.10 Å². The smallest absolute Gasteiger partial charge is 0.244 e. The molecule has 3 N–H and O–H groups in total. The number of hydrogen-bond acceptors (Lipinski definition) is 7. The van der Waals surface area contributed by atoms with Crippen molar-refractivity contribution < 1.29 is 18.9 Å². The van der Waals surface area contributed by atoms with Crippen molar-refractivity contribution in [1.82, 2.24) is 10.2 Å². The summed E-state index contributed by atoms with van der Waals surface area (Å²) in [6.45, 7) is 0. The van der Waals surface area contributed by atoms with Crippen molar-refractivity contribution in [2.45, 2.75) is 5.92 Å². The normalized spacial score (nSPS) is 15.1. The highest BCUT2D eigenvalue weighted by atomic mass is 16.5. The zero-order valence-electron chi connectivity index (χ0n) is 16.7. The average molecular weight is 404 g/mol. The van der Waals surface area contributed by atoms with Gasteiger partial charge in [-0.25, -0.2) is 0 Å². The van der Waals surface area contributed by atoms with Crippen molar-refractivity contribution >= 4 is 0 Å². The highest BCUT2D eigenvalue weighted by Crippen LogP contribution is 2.48. The summed E-state index contributed by atoms with van der Waals surface area (Å²) < 4.78 is 22.0. The quantitative estimate of drug-likeness (QED) is 0.670. The second kappa shape index (κ2) is 7.72. The lowest BCUT2D eigenvalue weighted by Gasteiger charge is -2.25. The number of hydrogen-bond donors (Lipinski definition) is 2. The molecule has 0 radical (unpaired) electrons. The molecule has 3 aromatic rings. The van der Waals surface area contributed by atoms with Crippen LogP contribution in [-0.4, -0.2) is 31.5 Å². The van der Waals surface area contributed by atoms with Crippen LogP contribution in [0.25, 0.3) is 11.3 Å². The van der Waals surface area contributed by atoms with Crippen LogP contribution >= 0.6 is 0 Å². The number of nitrogens with two attached hydrogens (primary N) is 1. The molecular formula is C22H20N4O4. The molecule has 30 heavy (non-hydrogen) atoms. The summed E-state index contributed by atoms with van der Waals surface area (Å²) in [7, 11) is 4.75. The summed E-state index contributed by atoms with van der Waals surface area (Å²) in [5, 5.41) is 17.2. The summed E-state index contributed by atoms with van der Waals surface area (Å²) in [5.41, 5.74) is 9.26.